The Balaban J connectivity index is 2.13. The minimum absolute atomic E-state index is 0.101. The van der Waals surface area contributed by atoms with Crippen molar-refractivity contribution in [2.24, 2.45) is 0 Å². The Bertz CT molecular complexity index is 393. The van der Waals surface area contributed by atoms with Crippen LogP contribution in [-0.4, -0.2) is 24.1 Å². The van der Waals surface area contributed by atoms with E-state index in [0.29, 0.717) is 5.75 Å². The fraction of sp³-hybridized carbons (Fsp3) is 0.333. The van der Waals surface area contributed by atoms with Crippen molar-refractivity contribution in [1.29, 1.82) is 0 Å². The molecule has 0 amide bonds. The number of benzene rings is 1. The molecular weight excluding hydrogens is 220 g/mol. The number of nitro groups is 1. The highest BCUT2D eigenvalue weighted by molar-refractivity contribution is 6.32. The van der Waals surface area contributed by atoms with Crippen LogP contribution in [0.4, 0.5) is 5.69 Å². The molecule has 1 aromatic rings. The minimum Gasteiger partial charge on any atom is -0.488 e. The highest BCUT2D eigenvalue weighted by atomic mass is 35.5. The summed E-state index contributed by atoms with van der Waals surface area (Å²) < 4.78 is 5.50. The zero-order valence-electron chi connectivity index (χ0n) is 7.77. The number of nitro benzene ring substituents is 1. The van der Waals surface area contributed by atoms with Crippen molar-refractivity contribution in [3.8, 4) is 5.75 Å². The molecule has 0 saturated carbocycles. The molecule has 0 atom stereocenters. The van der Waals surface area contributed by atoms with E-state index >= 15 is 0 Å². The van der Waals surface area contributed by atoms with Crippen LogP contribution in [0.3, 0.4) is 0 Å². The van der Waals surface area contributed by atoms with Crippen LogP contribution < -0.4 is 10.1 Å². The second-order valence-electron chi connectivity index (χ2n) is 3.27. The smallest absolute Gasteiger partial charge is 0.288 e. The third-order valence-electron chi connectivity index (χ3n) is 2.16. The van der Waals surface area contributed by atoms with E-state index < -0.39 is 4.92 Å². The molecule has 15 heavy (non-hydrogen) atoms. The van der Waals surface area contributed by atoms with Crippen molar-refractivity contribution in [1.82, 2.24) is 5.32 Å². The van der Waals surface area contributed by atoms with Gasteiger partial charge in [-0.25, -0.2) is 0 Å². The van der Waals surface area contributed by atoms with Crippen molar-refractivity contribution in [3.63, 3.8) is 0 Å². The summed E-state index contributed by atoms with van der Waals surface area (Å²) in [6, 6.07) is 4.38. The first-order valence-corrected chi connectivity index (χ1v) is 4.86. The highest BCUT2D eigenvalue weighted by Gasteiger charge is 2.19. The van der Waals surface area contributed by atoms with Crippen LogP contribution in [0, 0.1) is 10.1 Å². The van der Waals surface area contributed by atoms with E-state index in [1.165, 1.54) is 12.1 Å². The standard InChI is InChI=1S/C9H9ClN2O3/c10-8-3-6(15-7-4-11-5-7)1-2-9(8)12(13)14/h1-3,7,11H,4-5H2. The van der Waals surface area contributed by atoms with Gasteiger partial charge in [-0.3, -0.25) is 10.1 Å². The number of hydrogen-bond acceptors (Lipinski definition) is 4. The Morgan fingerprint density at radius 3 is 2.73 bits per heavy atom. The van der Waals surface area contributed by atoms with Gasteiger partial charge in [-0.2, -0.15) is 0 Å². The van der Waals surface area contributed by atoms with E-state index in [-0.39, 0.29) is 16.8 Å². The van der Waals surface area contributed by atoms with E-state index in [2.05, 4.69) is 5.32 Å². The third-order valence-corrected chi connectivity index (χ3v) is 2.47. The first kappa shape index (κ1) is 10.2. The Kier molecular flexibility index (Phi) is 2.75. The van der Waals surface area contributed by atoms with Crippen molar-refractivity contribution >= 4 is 17.3 Å². The lowest BCUT2D eigenvalue weighted by atomic mass is 10.2. The molecule has 0 spiro atoms. The quantitative estimate of drug-likeness (QED) is 0.631. The maximum atomic E-state index is 10.5. The molecule has 1 fully saturated rings. The summed E-state index contributed by atoms with van der Waals surface area (Å²) >= 11 is 5.73. The average Bonchev–Trinajstić information content (AvgIpc) is 2.11. The Morgan fingerprint density at radius 1 is 1.53 bits per heavy atom. The lowest BCUT2D eigenvalue weighted by Crippen LogP contribution is -2.50. The van der Waals surface area contributed by atoms with Crippen LogP contribution >= 0.6 is 11.6 Å². The van der Waals surface area contributed by atoms with E-state index in [9.17, 15) is 10.1 Å². The summed E-state index contributed by atoms with van der Waals surface area (Å²) in [4.78, 5) is 9.98. The summed E-state index contributed by atoms with van der Waals surface area (Å²) in [6.07, 6.45) is 0.141. The summed E-state index contributed by atoms with van der Waals surface area (Å²) in [7, 11) is 0. The van der Waals surface area contributed by atoms with Gasteiger partial charge in [0.15, 0.2) is 0 Å². The van der Waals surface area contributed by atoms with E-state index in [4.69, 9.17) is 16.3 Å². The molecule has 1 aliphatic rings. The van der Waals surface area contributed by atoms with E-state index in [1.54, 1.807) is 6.07 Å². The van der Waals surface area contributed by atoms with Gasteiger partial charge in [0, 0.05) is 25.2 Å². The molecule has 1 N–H and O–H groups in total. The van der Waals surface area contributed by atoms with E-state index in [0.717, 1.165) is 13.1 Å². The van der Waals surface area contributed by atoms with Crippen LogP contribution in [0.5, 0.6) is 5.75 Å². The molecule has 0 bridgehead atoms. The minimum atomic E-state index is -0.517. The zero-order valence-corrected chi connectivity index (χ0v) is 8.53. The second kappa shape index (κ2) is 4.04. The molecule has 0 unspecified atom stereocenters. The first-order chi connectivity index (χ1) is 7.16. The fourth-order valence-corrected chi connectivity index (χ4v) is 1.49. The van der Waals surface area contributed by atoms with Gasteiger partial charge >= 0.3 is 0 Å². The van der Waals surface area contributed by atoms with Crippen LogP contribution in [0.2, 0.25) is 5.02 Å². The third kappa shape index (κ3) is 2.19. The van der Waals surface area contributed by atoms with Gasteiger partial charge in [-0.1, -0.05) is 11.6 Å². The molecular formula is C9H9ClN2O3. The fourth-order valence-electron chi connectivity index (χ4n) is 1.25. The molecule has 5 nitrogen and oxygen atoms in total. The van der Waals surface area contributed by atoms with Crippen molar-refractivity contribution < 1.29 is 9.66 Å². The number of nitrogens with zero attached hydrogens (tertiary/aromatic N) is 1. The first-order valence-electron chi connectivity index (χ1n) is 4.48. The topological polar surface area (TPSA) is 64.4 Å². The second-order valence-corrected chi connectivity index (χ2v) is 3.68. The SMILES string of the molecule is O=[N+]([O-])c1ccc(OC2CNC2)cc1Cl. The van der Waals surface area contributed by atoms with Crippen LogP contribution in [-0.2, 0) is 0 Å². The van der Waals surface area contributed by atoms with E-state index in [1.807, 2.05) is 0 Å². The van der Waals surface area contributed by atoms with Crippen molar-refractivity contribution in [3.05, 3.63) is 33.3 Å². The summed E-state index contributed by atoms with van der Waals surface area (Å²) in [5.41, 5.74) is -0.101. The maximum Gasteiger partial charge on any atom is 0.288 e. The number of hydrogen-bond donors (Lipinski definition) is 1. The average molecular weight is 229 g/mol. The van der Waals surface area contributed by atoms with Gasteiger partial charge in [0.05, 0.1) is 4.92 Å². The van der Waals surface area contributed by atoms with Crippen LogP contribution in [0.1, 0.15) is 0 Å². The van der Waals surface area contributed by atoms with Crippen molar-refractivity contribution in [2.75, 3.05) is 13.1 Å². The molecule has 80 valence electrons. The predicted octanol–water partition coefficient (Wildman–Crippen LogP) is 1.60. The molecule has 0 radical (unpaired) electrons. The number of ether oxygens (including phenoxy) is 1. The Hall–Kier alpha value is -1.33. The van der Waals surface area contributed by atoms with Gasteiger partial charge < -0.3 is 10.1 Å². The zero-order chi connectivity index (χ0) is 10.8. The van der Waals surface area contributed by atoms with Crippen LogP contribution in [0.25, 0.3) is 0 Å². The normalized spacial score (nSPS) is 15.8. The lowest BCUT2D eigenvalue weighted by molar-refractivity contribution is -0.384. The monoisotopic (exact) mass is 228 g/mol. The summed E-state index contributed by atoms with van der Waals surface area (Å²) in [6.45, 7) is 1.60. The molecule has 6 heteroatoms. The summed E-state index contributed by atoms with van der Waals surface area (Å²) in [5.74, 6) is 0.567. The molecule has 2 rings (SSSR count). The maximum absolute atomic E-state index is 10.5. The van der Waals surface area contributed by atoms with Gasteiger partial charge in [0.1, 0.15) is 16.9 Å². The predicted molar refractivity (Wildman–Crippen MR) is 55.4 cm³/mol. The number of halogens is 1. The van der Waals surface area contributed by atoms with Gasteiger partial charge in [-0.05, 0) is 6.07 Å². The molecule has 1 aliphatic heterocycles. The largest absolute Gasteiger partial charge is 0.488 e. The van der Waals surface area contributed by atoms with Crippen molar-refractivity contribution in [2.45, 2.75) is 6.10 Å². The van der Waals surface area contributed by atoms with Gasteiger partial charge in [-0.15, -0.1) is 0 Å². The Morgan fingerprint density at radius 2 is 2.27 bits per heavy atom. The molecule has 1 heterocycles. The lowest BCUT2D eigenvalue weighted by Gasteiger charge is -2.27. The van der Waals surface area contributed by atoms with Gasteiger partial charge in [0.2, 0.25) is 0 Å². The molecule has 0 aliphatic carbocycles. The van der Waals surface area contributed by atoms with Gasteiger partial charge in [0.25, 0.3) is 5.69 Å². The molecule has 1 aromatic carbocycles. The molecule has 0 aromatic heterocycles. The summed E-state index contributed by atoms with van der Waals surface area (Å²) in [5, 5.41) is 13.7. The highest BCUT2D eigenvalue weighted by Crippen LogP contribution is 2.28. The molecule has 1 saturated heterocycles. The number of rotatable bonds is 3. The Labute approximate surface area is 91.1 Å². The van der Waals surface area contributed by atoms with Crippen LogP contribution in [0.15, 0.2) is 18.2 Å². The number of nitrogens with one attached hydrogen (secondary N) is 1.